The van der Waals surface area contributed by atoms with Gasteiger partial charge in [-0.2, -0.15) is 0 Å². The van der Waals surface area contributed by atoms with Crippen LogP contribution in [0.4, 0.5) is 0 Å². The van der Waals surface area contributed by atoms with Crippen molar-refractivity contribution in [1.82, 2.24) is 20.3 Å². The molecule has 0 aliphatic carbocycles. The summed E-state index contributed by atoms with van der Waals surface area (Å²) in [5.74, 6) is 0. The van der Waals surface area contributed by atoms with Crippen molar-refractivity contribution < 1.29 is 4.74 Å². The third kappa shape index (κ3) is 3.79. The molecule has 1 N–H and O–H groups in total. The molecular weight excluding hydrogens is 227 g/mol. The number of aromatic nitrogens is 3. The van der Waals surface area contributed by atoms with Crippen molar-refractivity contribution in [3.8, 4) is 0 Å². The predicted molar refractivity (Wildman–Crippen MR) is 57.1 cm³/mol. The summed E-state index contributed by atoms with van der Waals surface area (Å²) in [6.45, 7) is 3.43. The second-order valence-corrected chi connectivity index (χ2v) is 2.82. The van der Waals surface area contributed by atoms with Crippen LogP contribution in [0.15, 0.2) is 12.4 Å². The highest BCUT2D eigenvalue weighted by Crippen LogP contribution is 1.98. The average molecular weight is 241 g/mol. The SMILES string of the molecule is Cl.Cl.c1cn(CC2CNCCO2)nn1. The minimum atomic E-state index is 0. The molecule has 5 nitrogen and oxygen atoms in total. The van der Waals surface area contributed by atoms with E-state index in [1.54, 1.807) is 10.9 Å². The van der Waals surface area contributed by atoms with Crippen LogP contribution in [0.3, 0.4) is 0 Å². The lowest BCUT2D eigenvalue weighted by Crippen LogP contribution is -2.40. The molecule has 0 amide bonds. The van der Waals surface area contributed by atoms with Gasteiger partial charge in [-0.05, 0) is 0 Å². The molecular formula is C7H14Cl2N4O. The van der Waals surface area contributed by atoms with E-state index in [2.05, 4.69) is 15.6 Å². The Bertz CT molecular complexity index is 226. The third-order valence-corrected chi connectivity index (χ3v) is 1.87. The Morgan fingerprint density at radius 2 is 2.36 bits per heavy atom. The molecule has 1 unspecified atom stereocenters. The van der Waals surface area contributed by atoms with Crippen molar-refractivity contribution in [1.29, 1.82) is 0 Å². The fraction of sp³-hybridized carbons (Fsp3) is 0.714. The summed E-state index contributed by atoms with van der Waals surface area (Å²) in [5.41, 5.74) is 0. The summed E-state index contributed by atoms with van der Waals surface area (Å²) in [6, 6.07) is 0. The number of hydrogen-bond donors (Lipinski definition) is 1. The van der Waals surface area contributed by atoms with Crippen LogP contribution in [-0.2, 0) is 11.3 Å². The van der Waals surface area contributed by atoms with E-state index in [9.17, 15) is 0 Å². The molecule has 0 saturated carbocycles. The minimum Gasteiger partial charge on any atom is -0.374 e. The number of halogens is 2. The summed E-state index contributed by atoms with van der Waals surface area (Å²) >= 11 is 0. The van der Waals surface area contributed by atoms with Crippen molar-refractivity contribution in [2.45, 2.75) is 12.6 Å². The van der Waals surface area contributed by atoms with Gasteiger partial charge in [0.05, 0.1) is 25.5 Å². The predicted octanol–water partition coefficient (Wildman–Crippen LogP) is 0.110. The molecule has 2 rings (SSSR count). The summed E-state index contributed by atoms with van der Waals surface area (Å²) in [4.78, 5) is 0. The first-order valence-corrected chi connectivity index (χ1v) is 4.11. The van der Waals surface area contributed by atoms with Crippen LogP contribution in [0.25, 0.3) is 0 Å². The Kier molecular flexibility index (Phi) is 6.82. The zero-order valence-corrected chi connectivity index (χ0v) is 9.26. The van der Waals surface area contributed by atoms with E-state index in [-0.39, 0.29) is 30.9 Å². The first-order chi connectivity index (χ1) is 5.95. The molecule has 1 aromatic rings. The van der Waals surface area contributed by atoms with Gasteiger partial charge in [0.2, 0.25) is 0 Å². The Morgan fingerprint density at radius 1 is 1.50 bits per heavy atom. The monoisotopic (exact) mass is 240 g/mol. The number of morpholine rings is 1. The number of rotatable bonds is 2. The summed E-state index contributed by atoms with van der Waals surface area (Å²) in [6.07, 6.45) is 3.76. The lowest BCUT2D eigenvalue weighted by atomic mass is 10.3. The van der Waals surface area contributed by atoms with Gasteiger partial charge >= 0.3 is 0 Å². The van der Waals surface area contributed by atoms with Crippen LogP contribution in [0, 0.1) is 0 Å². The van der Waals surface area contributed by atoms with Crippen molar-refractivity contribution in [2.24, 2.45) is 0 Å². The largest absolute Gasteiger partial charge is 0.374 e. The van der Waals surface area contributed by atoms with Gasteiger partial charge in [-0.1, -0.05) is 5.21 Å². The molecule has 1 aliphatic heterocycles. The fourth-order valence-electron chi connectivity index (χ4n) is 1.28. The van der Waals surface area contributed by atoms with E-state index in [1.165, 1.54) is 0 Å². The Hall–Kier alpha value is -0.360. The third-order valence-electron chi connectivity index (χ3n) is 1.87. The van der Waals surface area contributed by atoms with Gasteiger partial charge in [-0.15, -0.1) is 29.9 Å². The first-order valence-electron chi connectivity index (χ1n) is 4.11. The van der Waals surface area contributed by atoms with Crippen molar-refractivity contribution in [3.05, 3.63) is 12.4 Å². The second kappa shape index (κ2) is 7.00. The van der Waals surface area contributed by atoms with E-state index in [1.807, 2.05) is 6.20 Å². The van der Waals surface area contributed by atoms with Crippen molar-refractivity contribution in [3.63, 3.8) is 0 Å². The topological polar surface area (TPSA) is 52.0 Å². The van der Waals surface area contributed by atoms with Gasteiger partial charge < -0.3 is 10.1 Å². The van der Waals surface area contributed by atoms with Crippen LogP contribution >= 0.6 is 24.8 Å². The van der Waals surface area contributed by atoms with Crippen LogP contribution in [0.2, 0.25) is 0 Å². The van der Waals surface area contributed by atoms with Crippen molar-refractivity contribution in [2.75, 3.05) is 19.7 Å². The maximum atomic E-state index is 5.50. The molecule has 0 spiro atoms. The number of nitrogens with zero attached hydrogens (tertiary/aromatic N) is 3. The van der Waals surface area contributed by atoms with Crippen LogP contribution in [-0.4, -0.2) is 40.8 Å². The molecule has 82 valence electrons. The fourth-order valence-corrected chi connectivity index (χ4v) is 1.28. The molecule has 0 radical (unpaired) electrons. The lowest BCUT2D eigenvalue weighted by Gasteiger charge is -2.23. The first kappa shape index (κ1) is 13.6. The zero-order valence-electron chi connectivity index (χ0n) is 7.63. The van der Waals surface area contributed by atoms with Gasteiger partial charge in [0, 0.05) is 19.3 Å². The van der Waals surface area contributed by atoms with Gasteiger partial charge in [0.25, 0.3) is 0 Å². The van der Waals surface area contributed by atoms with E-state index in [4.69, 9.17) is 4.74 Å². The number of nitrogens with one attached hydrogen (secondary N) is 1. The molecule has 2 heterocycles. The average Bonchev–Trinajstić information content (AvgIpc) is 2.59. The summed E-state index contributed by atoms with van der Waals surface area (Å²) in [7, 11) is 0. The normalized spacial score (nSPS) is 20.7. The standard InChI is InChI=1S/C7H12N4O.2ClH/c1-3-11(10-9-1)6-7-5-8-2-4-12-7;;/h1,3,7-8H,2,4-6H2;2*1H. The maximum Gasteiger partial charge on any atom is 0.0896 e. The minimum absolute atomic E-state index is 0. The highest BCUT2D eigenvalue weighted by atomic mass is 35.5. The van der Waals surface area contributed by atoms with E-state index in [0.29, 0.717) is 0 Å². The smallest absolute Gasteiger partial charge is 0.0896 e. The van der Waals surface area contributed by atoms with Crippen LogP contribution < -0.4 is 5.32 Å². The Balaban J connectivity index is 0.000000845. The molecule has 14 heavy (non-hydrogen) atoms. The maximum absolute atomic E-state index is 5.50. The zero-order chi connectivity index (χ0) is 8.23. The molecule has 0 aromatic carbocycles. The highest BCUT2D eigenvalue weighted by molar-refractivity contribution is 5.85. The molecule has 0 bridgehead atoms. The molecule has 1 aliphatic rings. The second-order valence-electron chi connectivity index (χ2n) is 2.82. The van der Waals surface area contributed by atoms with E-state index < -0.39 is 0 Å². The van der Waals surface area contributed by atoms with Gasteiger partial charge in [0.1, 0.15) is 0 Å². The van der Waals surface area contributed by atoms with Crippen molar-refractivity contribution >= 4 is 24.8 Å². The van der Waals surface area contributed by atoms with Crippen LogP contribution in [0.1, 0.15) is 0 Å². The number of ether oxygens (including phenoxy) is 1. The molecule has 1 saturated heterocycles. The summed E-state index contributed by atoms with van der Waals surface area (Å²) < 4.78 is 7.29. The highest BCUT2D eigenvalue weighted by Gasteiger charge is 2.13. The van der Waals surface area contributed by atoms with Gasteiger partial charge in [-0.3, -0.25) is 0 Å². The summed E-state index contributed by atoms with van der Waals surface area (Å²) in [5, 5.41) is 10.9. The van der Waals surface area contributed by atoms with Gasteiger partial charge in [0.15, 0.2) is 0 Å². The molecule has 1 fully saturated rings. The molecule has 1 atom stereocenters. The van der Waals surface area contributed by atoms with E-state index >= 15 is 0 Å². The lowest BCUT2D eigenvalue weighted by molar-refractivity contribution is 0.0158. The number of hydrogen-bond acceptors (Lipinski definition) is 4. The molecule has 1 aromatic heterocycles. The quantitative estimate of drug-likeness (QED) is 0.798. The Labute approximate surface area is 95.0 Å². The Morgan fingerprint density at radius 3 is 2.93 bits per heavy atom. The van der Waals surface area contributed by atoms with Crippen LogP contribution in [0.5, 0.6) is 0 Å². The molecule has 7 heteroatoms. The van der Waals surface area contributed by atoms with E-state index in [0.717, 1.165) is 26.2 Å². The van der Waals surface area contributed by atoms with Gasteiger partial charge in [-0.25, -0.2) is 4.68 Å².